The summed E-state index contributed by atoms with van der Waals surface area (Å²) in [5.41, 5.74) is -0.246. The molecule has 0 aliphatic carbocycles. The number of anilines is 1. The summed E-state index contributed by atoms with van der Waals surface area (Å²) >= 11 is 0. The zero-order valence-electron chi connectivity index (χ0n) is 12.5. The van der Waals surface area contributed by atoms with E-state index in [1.807, 2.05) is 0 Å². The van der Waals surface area contributed by atoms with Gasteiger partial charge in [-0.15, -0.1) is 0 Å². The van der Waals surface area contributed by atoms with Gasteiger partial charge >= 0.3 is 11.8 Å². The predicted molar refractivity (Wildman–Crippen MR) is 78.3 cm³/mol. The van der Waals surface area contributed by atoms with Crippen LogP contribution in [0.15, 0.2) is 18.2 Å². The molecule has 122 valence electrons. The lowest BCUT2D eigenvalue weighted by atomic mass is 10.3. The number of nitrogens with one attached hydrogen (secondary N) is 2. The summed E-state index contributed by atoms with van der Waals surface area (Å²) < 4.78 is 31.3. The van der Waals surface area contributed by atoms with E-state index in [4.69, 9.17) is 4.74 Å². The van der Waals surface area contributed by atoms with Gasteiger partial charge in [-0.25, -0.2) is 8.78 Å². The summed E-state index contributed by atoms with van der Waals surface area (Å²) in [7, 11) is 0. The number of rotatable bonds is 8. The summed E-state index contributed by atoms with van der Waals surface area (Å²) in [5, 5.41) is 4.48. The Kier molecular flexibility index (Phi) is 8.06. The monoisotopic (exact) mass is 314 g/mol. The molecule has 0 saturated heterocycles. The Labute approximate surface area is 128 Å². The van der Waals surface area contributed by atoms with Crippen LogP contribution in [0.25, 0.3) is 0 Å². The Morgan fingerprint density at radius 2 is 1.86 bits per heavy atom. The topological polar surface area (TPSA) is 67.4 Å². The first-order chi connectivity index (χ1) is 10.5. The van der Waals surface area contributed by atoms with Crippen molar-refractivity contribution in [1.29, 1.82) is 0 Å². The van der Waals surface area contributed by atoms with Crippen LogP contribution in [0.3, 0.4) is 0 Å². The number of carbonyl (C=O) groups is 2. The zero-order chi connectivity index (χ0) is 16.4. The molecule has 0 bridgehead atoms. The molecule has 0 aromatic heterocycles. The normalized spacial score (nSPS) is 10.3. The largest absolute Gasteiger partial charge is 0.381 e. The van der Waals surface area contributed by atoms with Crippen LogP contribution >= 0.6 is 0 Å². The maximum absolute atomic E-state index is 13.3. The first kappa shape index (κ1) is 18.0. The fraction of sp³-hybridized carbons (Fsp3) is 0.467. The van der Waals surface area contributed by atoms with Crippen LogP contribution in [0.5, 0.6) is 0 Å². The lowest BCUT2D eigenvalue weighted by molar-refractivity contribution is -0.136. The van der Waals surface area contributed by atoms with Gasteiger partial charge in [-0.3, -0.25) is 9.59 Å². The number of hydrogen-bond acceptors (Lipinski definition) is 3. The summed E-state index contributed by atoms with van der Waals surface area (Å²) in [4.78, 5) is 23.0. The fourth-order valence-electron chi connectivity index (χ4n) is 1.57. The van der Waals surface area contributed by atoms with E-state index in [0.29, 0.717) is 25.7 Å². The molecule has 0 aliphatic heterocycles. The molecule has 0 heterocycles. The number of unbranched alkanes of at least 4 members (excludes halogenated alkanes) is 1. The van der Waals surface area contributed by atoms with E-state index in [-0.39, 0.29) is 12.2 Å². The van der Waals surface area contributed by atoms with E-state index in [1.54, 1.807) is 0 Å². The third-order valence-electron chi connectivity index (χ3n) is 2.78. The summed E-state index contributed by atoms with van der Waals surface area (Å²) in [6, 6.07) is 2.67. The highest BCUT2D eigenvalue weighted by Gasteiger charge is 2.15. The van der Waals surface area contributed by atoms with Crippen molar-refractivity contribution >= 4 is 17.5 Å². The van der Waals surface area contributed by atoms with Crippen molar-refractivity contribution in [2.45, 2.75) is 26.2 Å². The molecule has 0 aliphatic rings. The van der Waals surface area contributed by atoms with Gasteiger partial charge in [-0.1, -0.05) is 13.3 Å². The average molecular weight is 314 g/mol. The zero-order valence-corrected chi connectivity index (χ0v) is 12.5. The van der Waals surface area contributed by atoms with Crippen molar-refractivity contribution in [2.24, 2.45) is 0 Å². The van der Waals surface area contributed by atoms with E-state index in [2.05, 4.69) is 17.6 Å². The molecule has 2 N–H and O–H groups in total. The van der Waals surface area contributed by atoms with Gasteiger partial charge < -0.3 is 15.4 Å². The molecule has 0 spiro atoms. The average Bonchev–Trinajstić information content (AvgIpc) is 2.48. The molecule has 0 saturated carbocycles. The maximum Gasteiger partial charge on any atom is 0.313 e. The van der Waals surface area contributed by atoms with Gasteiger partial charge in [-0.05, 0) is 25.0 Å². The molecule has 5 nitrogen and oxygen atoms in total. The number of hydrogen-bond donors (Lipinski definition) is 2. The van der Waals surface area contributed by atoms with Gasteiger partial charge in [0.25, 0.3) is 0 Å². The molecule has 1 aromatic carbocycles. The molecule has 22 heavy (non-hydrogen) atoms. The van der Waals surface area contributed by atoms with Crippen LogP contribution in [0.4, 0.5) is 14.5 Å². The van der Waals surface area contributed by atoms with Crippen molar-refractivity contribution in [3.63, 3.8) is 0 Å². The minimum Gasteiger partial charge on any atom is -0.381 e. The van der Waals surface area contributed by atoms with E-state index in [1.165, 1.54) is 0 Å². The van der Waals surface area contributed by atoms with E-state index in [0.717, 1.165) is 25.0 Å². The predicted octanol–water partition coefficient (Wildman–Crippen LogP) is 2.23. The van der Waals surface area contributed by atoms with Crippen LogP contribution in [0.1, 0.15) is 26.2 Å². The second kappa shape index (κ2) is 9.83. The molecular formula is C15H20F2N2O3. The van der Waals surface area contributed by atoms with Gasteiger partial charge in [0.2, 0.25) is 0 Å². The Balaban J connectivity index is 2.26. The summed E-state index contributed by atoms with van der Waals surface area (Å²) in [5.74, 6) is -3.58. The van der Waals surface area contributed by atoms with Crippen LogP contribution in [-0.2, 0) is 14.3 Å². The van der Waals surface area contributed by atoms with Crippen molar-refractivity contribution in [2.75, 3.05) is 25.1 Å². The van der Waals surface area contributed by atoms with E-state index in [9.17, 15) is 18.4 Å². The Bertz CT molecular complexity index is 510. The Morgan fingerprint density at radius 1 is 1.14 bits per heavy atom. The molecular weight excluding hydrogens is 294 g/mol. The second-order valence-electron chi connectivity index (χ2n) is 4.65. The van der Waals surface area contributed by atoms with Crippen LogP contribution < -0.4 is 10.6 Å². The number of ether oxygens (including phenoxy) is 1. The molecule has 1 rings (SSSR count). The third kappa shape index (κ3) is 6.62. The van der Waals surface area contributed by atoms with Gasteiger partial charge in [0.05, 0.1) is 5.69 Å². The molecule has 2 amide bonds. The smallest absolute Gasteiger partial charge is 0.313 e. The van der Waals surface area contributed by atoms with E-state index >= 15 is 0 Å². The molecule has 0 fully saturated rings. The molecule has 0 radical (unpaired) electrons. The highest BCUT2D eigenvalue weighted by atomic mass is 19.1. The van der Waals surface area contributed by atoms with E-state index < -0.39 is 23.4 Å². The first-order valence-electron chi connectivity index (χ1n) is 7.16. The van der Waals surface area contributed by atoms with Crippen molar-refractivity contribution in [3.8, 4) is 0 Å². The lowest BCUT2D eigenvalue weighted by Crippen LogP contribution is -2.36. The Hall–Kier alpha value is -2.02. The highest BCUT2D eigenvalue weighted by molar-refractivity contribution is 6.39. The van der Waals surface area contributed by atoms with Crippen LogP contribution in [0, 0.1) is 11.6 Å². The Morgan fingerprint density at radius 3 is 2.55 bits per heavy atom. The number of benzene rings is 1. The summed E-state index contributed by atoms with van der Waals surface area (Å²) in [6.45, 7) is 3.51. The molecule has 0 unspecified atom stereocenters. The number of carbonyl (C=O) groups excluding carboxylic acids is 2. The maximum atomic E-state index is 13.3. The minimum absolute atomic E-state index is 0.246. The SMILES string of the molecule is CCCCOCCCNC(=O)C(=O)Nc1ccc(F)cc1F. The highest BCUT2D eigenvalue weighted by Crippen LogP contribution is 2.14. The first-order valence-corrected chi connectivity index (χ1v) is 7.16. The standard InChI is InChI=1S/C15H20F2N2O3/c1-2-3-8-22-9-4-7-18-14(20)15(21)19-13-6-5-11(16)10-12(13)17/h5-6,10H,2-4,7-9H2,1H3,(H,18,20)(H,19,21). The van der Waals surface area contributed by atoms with Gasteiger partial charge in [0.1, 0.15) is 11.6 Å². The second-order valence-corrected chi connectivity index (χ2v) is 4.65. The molecule has 7 heteroatoms. The quantitative estimate of drug-likeness (QED) is 0.571. The van der Waals surface area contributed by atoms with Gasteiger partial charge in [-0.2, -0.15) is 0 Å². The minimum atomic E-state index is -1.00. The number of halogens is 2. The number of amides is 2. The van der Waals surface area contributed by atoms with Crippen molar-refractivity contribution in [1.82, 2.24) is 5.32 Å². The summed E-state index contributed by atoms with van der Waals surface area (Å²) in [6.07, 6.45) is 2.61. The van der Waals surface area contributed by atoms with Crippen LogP contribution in [-0.4, -0.2) is 31.6 Å². The molecule has 0 atom stereocenters. The van der Waals surface area contributed by atoms with Gasteiger partial charge in [0, 0.05) is 25.8 Å². The van der Waals surface area contributed by atoms with Gasteiger partial charge in [0.15, 0.2) is 0 Å². The van der Waals surface area contributed by atoms with Crippen molar-refractivity contribution < 1.29 is 23.1 Å². The van der Waals surface area contributed by atoms with Crippen molar-refractivity contribution in [3.05, 3.63) is 29.8 Å². The van der Waals surface area contributed by atoms with Crippen LogP contribution in [0.2, 0.25) is 0 Å². The molecule has 1 aromatic rings. The third-order valence-corrected chi connectivity index (χ3v) is 2.78. The lowest BCUT2D eigenvalue weighted by Gasteiger charge is -2.07. The fourth-order valence-corrected chi connectivity index (χ4v) is 1.57.